The SMILES string of the molecule is CCCNc1cc(NC(C)C(=O)OCC)nc(C2CC2)n1. The van der Waals surface area contributed by atoms with Gasteiger partial charge in [0.15, 0.2) is 0 Å². The molecule has 0 saturated heterocycles. The fourth-order valence-electron chi connectivity index (χ4n) is 1.96. The zero-order valence-corrected chi connectivity index (χ0v) is 13.0. The number of anilines is 2. The summed E-state index contributed by atoms with van der Waals surface area (Å²) in [4.78, 5) is 20.8. The number of carbonyl (C=O) groups excluding carboxylic acids is 1. The van der Waals surface area contributed by atoms with Crippen molar-refractivity contribution in [1.82, 2.24) is 9.97 Å². The zero-order chi connectivity index (χ0) is 15.2. The first-order valence-corrected chi connectivity index (χ1v) is 7.70. The third-order valence-electron chi connectivity index (χ3n) is 3.25. The van der Waals surface area contributed by atoms with Crippen LogP contribution in [0.1, 0.15) is 51.8 Å². The number of hydrogen-bond acceptors (Lipinski definition) is 6. The maximum absolute atomic E-state index is 11.7. The number of rotatable bonds is 8. The molecule has 1 atom stereocenters. The maximum atomic E-state index is 11.7. The van der Waals surface area contributed by atoms with Crippen LogP contribution in [-0.2, 0) is 9.53 Å². The Hall–Kier alpha value is -1.85. The van der Waals surface area contributed by atoms with E-state index in [1.807, 2.05) is 6.07 Å². The van der Waals surface area contributed by atoms with E-state index in [0.29, 0.717) is 18.3 Å². The smallest absolute Gasteiger partial charge is 0.328 e. The van der Waals surface area contributed by atoms with Crippen LogP contribution in [0, 0.1) is 0 Å². The second-order valence-corrected chi connectivity index (χ2v) is 5.32. The number of carbonyl (C=O) groups is 1. The Labute approximate surface area is 125 Å². The fourth-order valence-corrected chi connectivity index (χ4v) is 1.96. The molecule has 0 spiro atoms. The third kappa shape index (κ3) is 4.58. The summed E-state index contributed by atoms with van der Waals surface area (Å²) in [5, 5.41) is 6.38. The molecular weight excluding hydrogens is 268 g/mol. The molecule has 1 heterocycles. The second-order valence-electron chi connectivity index (χ2n) is 5.32. The molecule has 2 N–H and O–H groups in total. The Morgan fingerprint density at radius 3 is 2.71 bits per heavy atom. The number of nitrogens with zero attached hydrogens (tertiary/aromatic N) is 2. The van der Waals surface area contributed by atoms with Crippen LogP contribution in [0.15, 0.2) is 6.07 Å². The lowest BCUT2D eigenvalue weighted by atomic mass is 10.3. The van der Waals surface area contributed by atoms with E-state index in [4.69, 9.17) is 4.74 Å². The fraction of sp³-hybridized carbons (Fsp3) is 0.667. The van der Waals surface area contributed by atoms with Crippen LogP contribution in [0.2, 0.25) is 0 Å². The molecule has 1 aliphatic rings. The van der Waals surface area contributed by atoms with Crippen LogP contribution in [0.3, 0.4) is 0 Å². The van der Waals surface area contributed by atoms with E-state index in [2.05, 4.69) is 27.5 Å². The van der Waals surface area contributed by atoms with E-state index in [0.717, 1.165) is 37.4 Å². The molecule has 1 saturated carbocycles. The minimum atomic E-state index is -0.425. The Kier molecular flexibility index (Phi) is 5.36. The van der Waals surface area contributed by atoms with Crippen molar-refractivity contribution in [2.45, 2.75) is 52.0 Å². The first-order valence-electron chi connectivity index (χ1n) is 7.70. The average molecular weight is 292 g/mol. The van der Waals surface area contributed by atoms with Crippen molar-refractivity contribution in [2.24, 2.45) is 0 Å². The van der Waals surface area contributed by atoms with Crippen LogP contribution in [0.25, 0.3) is 0 Å². The maximum Gasteiger partial charge on any atom is 0.328 e. The molecule has 1 aromatic heterocycles. The van der Waals surface area contributed by atoms with E-state index >= 15 is 0 Å². The van der Waals surface area contributed by atoms with Crippen LogP contribution in [0.4, 0.5) is 11.6 Å². The molecule has 0 aliphatic heterocycles. The predicted molar refractivity (Wildman–Crippen MR) is 82.5 cm³/mol. The molecule has 0 aromatic carbocycles. The van der Waals surface area contributed by atoms with Gasteiger partial charge in [0.05, 0.1) is 6.61 Å². The van der Waals surface area contributed by atoms with E-state index in [9.17, 15) is 4.79 Å². The third-order valence-corrected chi connectivity index (χ3v) is 3.25. The predicted octanol–water partition coefficient (Wildman–Crippen LogP) is 2.54. The van der Waals surface area contributed by atoms with Crippen LogP contribution in [0.5, 0.6) is 0 Å². The van der Waals surface area contributed by atoms with Crippen molar-refractivity contribution in [2.75, 3.05) is 23.8 Å². The largest absolute Gasteiger partial charge is 0.464 e. The first kappa shape index (κ1) is 15.5. The van der Waals surface area contributed by atoms with Gasteiger partial charge in [0.1, 0.15) is 23.5 Å². The first-order chi connectivity index (χ1) is 10.1. The number of esters is 1. The van der Waals surface area contributed by atoms with Gasteiger partial charge in [-0.1, -0.05) is 6.92 Å². The highest BCUT2D eigenvalue weighted by atomic mass is 16.5. The summed E-state index contributed by atoms with van der Waals surface area (Å²) in [7, 11) is 0. The molecule has 6 nitrogen and oxygen atoms in total. The van der Waals surface area contributed by atoms with Crippen molar-refractivity contribution in [3.8, 4) is 0 Å². The van der Waals surface area contributed by atoms with Crippen LogP contribution < -0.4 is 10.6 Å². The molecule has 6 heteroatoms. The van der Waals surface area contributed by atoms with Gasteiger partial charge in [-0.2, -0.15) is 0 Å². The lowest BCUT2D eigenvalue weighted by Crippen LogP contribution is -2.28. The van der Waals surface area contributed by atoms with Gasteiger partial charge in [-0.3, -0.25) is 0 Å². The number of ether oxygens (including phenoxy) is 1. The Bertz CT molecular complexity index is 489. The summed E-state index contributed by atoms with van der Waals surface area (Å²) in [6.45, 7) is 6.93. The van der Waals surface area contributed by atoms with E-state index in [-0.39, 0.29) is 5.97 Å². The highest BCUT2D eigenvalue weighted by molar-refractivity contribution is 5.78. The van der Waals surface area contributed by atoms with Crippen molar-refractivity contribution in [3.63, 3.8) is 0 Å². The van der Waals surface area contributed by atoms with Gasteiger partial charge >= 0.3 is 5.97 Å². The van der Waals surface area contributed by atoms with E-state index < -0.39 is 6.04 Å². The molecule has 1 fully saturated rings. The topological polar surface area (TPSA) is 76.1 Å². The summed E-state index contributed by atoms with van der Waals surface area (Å²) >= 11 is 0. The quantitative estimate of drug-likeness (QED) is 0.717. The van der Waals surface area contributed by atoms with Gasteiger partial charge in [-0.25, -0.2) is 14.8 Å². The lowest BCUT2D eigenvalue weighted by Gasteiger charge is -2.15. The van der Waals surface area contributed by atoms with Gasteiger partial charge < -0.3 is 15.4 Å². The van der Waals surface area contributed by atoms with Crippen LogP contribution >= 0.6 is 0 Å². The Morgan fingerprint density at radius 1 is 1.38 bits per heavy atom. The van der Waals surface area contributed by atoms with E-state index in [1.165, 1.54) is 0 Å². The molecule has 0 bridgehead atoms. The minimum absolute atomic E-state index is 0.271. The molecule has 0 amide bonds. The summed E-state index contributed by atoms with van der Waals surface area (Å²) in [5.74, 6) is 2.53. The monoisotopic (exact) mass is 292 g/mol. The number of hydrogen-bond donors (Lipinski definition) is 2. The molecule has 1 unspecified atom stereocenters. The molecule has 1 aliphatic carbocycles. The highest BCUT2D eigenvalue weighted by Crippen LogP contribution is 2.38. The lowest BCUT2D eigenvalue weighted by molar-refractivity contribution is -0.143. The Balaban J connectivity index is 2.09. The molecule has 1 aromatic rings. The van der Waals surface area contributed by atoms with Crippen molar-refractivity contribution < 1.29 is 9.53 Å². The normalized spacial score (nSPS) is 15.4. The van der Waals surface area contributed by atoms with Gasteiger partial charge in [-0.15, -0.1) is 0 Å². The molecular formula is C15H24N4O2. The molecule has 2 rings (SSSR count). The zero-order valence-electron chi connectivity index (χ0n) is 13.0. The van der Waals surface area contributed by atoms with Crippen molar-refractivity contribution in [3.05, 3.63) is 11.9 Å². The average Bonchev–Trinajstić information content (AvgIpc) is 3.29. The second kappa shape index (κ2) is 7.24. The van der Waals surface area contributed by atoms with Gasteiger partial charge in [0.25, 0.3) is 0 Å². The Morgan fingerprint density at radius 2 is 2.10 bits per heavy atom. The van der Waals surface area contributed by atoms with Gasteiger partial charge in [0.2, 0.25) is 0 Å². The molecule has 116 valence electrons. The number of nitrogens with one attached hydrogen (secondary N) is 2. The standard InChI is InChI=1S/C15H24N4O2/c1-4-8-16-12-9-13(17-10(3)15(20)21-5-2)19-14(18-12)11-6-7-11/h9-11H,4-8H2,1-3H3,(H2,16,17,18,19). The van der Waals surface area contributed by atoms with Gasteiger partial charge in [0, 0.05) is 18.5 Å². The molecule has 0 radical (unpaired) electrons. The van der Waals surface area contributed by atoms with Crippen LogP contribution in [-0.4, -0.2) is 35.1 Å². The number of aromatic nitrogens is 2. The minimum Gasteiger partial charge on any atom is -0.464 e. The van der Waals surface area contributed by atoms with Gasteiger partial charge in [-0.05, 0) is 33.1 Å². The summed E-state index contributed by atoms with van der Waals surface area (Å²) in [6.07, 6.45) is 3.32. The van der Waals surface area contributed by atoms with Crippen molar-refractivity contribution >= 4 is 17.6 Å². The van der Waals surface area contributed by atoms with Crippen molar-refractivity contribution in [1.29, 1.82) is 0 Å². The summed E-state index contributed by atoms with van der Waals surface area (Å²) < 4.78 is 5.00. The summed E-state index contributed by atoms with van der Waals surface area (Å²) in [6, 6.07) is 1.42. The highest BCUT2D eigenvalue weighted by Gasteiger charge is 2.27. The summed E-state index contributed by atoms with van der Waals surface area (Å²) in [5.41, 5.74) is 0. The van der Waals surface area contributed by atoms with E-state index in [1.54, 1.807) is 13.8 Å². The molecule has 21 heavy (non-hydrogen) atoms.